The van der Waals surface area contributed by atoms with Crippen molar-refractivity contribution in [1.82, 2.24) is 10.3 Å². The molecule has 3 heterocycles. The Hall–Kier alpha value is -3.40. The first-order chi connectivity index (χ1) is 12.1. The summed E-state index contributed by atoms with van der Waals surface area (Å²) in [5, 5.41) is 17.6. The quantitative estimate of drug-likeness (QED) is 0.764. The number of hydrogen-bond donors (Lipinski definition) is 3. The lowest BCUT2D eigenvalue weighted by Crippen LogP contribution is -2.39. The van der Waals surface area contributed by atoms with Gasteiger partial charge in [0.05, 0.1) is 17.3 Å². The van der Waals surface area contributed by atoms with E-state index in [9.17, 15) is 9.59 Å². The zero-order chi connectivity index (χ0) is 17.4. The highest BCUT2D eigenvalue weighted by Gasteiger charge is 2.53. The van der Waals surface area contributed by atoms with Crippen LogP contribution in [0, 0.1) is 11.3 Å². The summed E-state index contributed by atoms with van der Waals surface area (Å²) in [4.78, 5) is 29.1. The van der Waals surface area contributed by atoms with Gasteiger partial charge in [-0.15, -0.1) is 0 Å². The summed E-state index contributed by atoms with van der Waals surface area (Å²) in [6.07, 6.45) is 1.82. The Bertz CT molecular complexity index is 902. The molecule has 7 nitrogen and oxygen atoms in total. The van der Waals surface area contributed by atoms with Crippen LogP contribution in [-0.2, 0) is 15.0 Å². The Morgan fingerprint density at radius 1 is 1.32 bits per heavy atom. The van der Waals surface area contributed by atoms with E-state index in [1.54, 1.807) is 6.07 Å². The molecule has 1 fully saturated rings. The van der Waals surface area contributed by atoms with E-state index in [-0.39, 0.29) is 17.5 Å². The molecule has 1 aromatic heterocycles. The number of aromatic nitrogens is 1. The van der Waals surface area contributed by atoms with Crippen LogP contribution in [0.25, 0.3) is 0 Å². The van der Waals surface area contributed by atoms with Crippen LogP contribution in [0.5, 0.6) is 0 Å². The van der Waals surface area contributed by atoms with Crippen molar-refractivity contribution < 1.29 is 9.59 Å². The first-order valence-electron chi connectivity index (χ1n) is 7.94. The molecule has 124 valence electrons. The fourth-order valence-corrected chi connectivity index (χ4v) is 3.49. The first kappa shape index (κ1) is 15.1. The normalized spacial score (nSPS) is 23.5. The molecule has 25 heavy (non-hydrogen) atoms. The molecule has 2 atom stereocenters. The zero-order valence-electron chi connectivity index (χ0n) is 13.2. The van der Waals surface area contributed by atoms with Crippen LogP contribution in [-0.4, -0.2) is 29.4 Å². The summed E-state index contributed by atoms with van der Waals surface area (Å²) in [6, 6.07) is 12.1. The molecule has 1 saturated heterocycles. The number of nitrogens with zero attached hydrogens (tertiary/aromatic N) is 2. The van der Waals surface area contributed by atoms with E-state index < -0.39 is 11.5 Å². The highest BCUT2D eigenvalue weighted by molar-refractivity contribution is 6.03. The third-order valence-electron chi connectivity index (χ3n) is 4.78. The van der Waals surface area contributed by atoms with Crippen molar-refractivity contribution >= 4 is 23.2 Å². The summed E-state index contributed by atoms with van der Waals surface area (Å²) in [7, 11) is 0. The van der Waals surface area contributed by atoms with Gasteiger partial charge in [0.15, 0.2) is 0 Å². The average Bonchev–Trinajstić information content (AvgIpc) is 3.18. The first-order valence-corrected chi connectivity index (χ1v) is 7.94. The number of fused-ring (bicyclic) bond motifs is 2. The minimum atomic E-state index is -0.707. The van der Waals surface area contributed by atoms with Crippen molar-refractivity contribution in [2.24, 2.45) is 0 Å². The van der Waals surface area contributed by atoms with Crippen molar-refractivity contribution in [3.05, 3.63) is 53.9 Å². The second kappa shape index (κ2) is 5.60. The van der Waals surface area contributed by atoms with Gasteiger partial charge in [-0.3, -0.25) is 9.59 Å². The molecular weight excluding hydrogens is 318 g/mol. The van der Waals surface area contributed by atoms with Gasteiger partial charge in [0, 0.05) is 12.2 Å². The number of pyridine rings is 1. The summed E-state index contributed by atoms with van der Waals surface area (Å²) < 4.78 is 0. The van der Waals surface area contributed by atoms with Gasteiger partial charge in [0.2, 0.25) is 11.8 Å². The lowest BCUT2D eigenvalue weighted by atomic mass is 9.79. The summed E-state index contributed by atoms with van der Waals surface area (Å²) in [6.45, 7) is 0.486. The van der Waals surface area contributed by atoms with Gasteiger partial charge in [0.1, 0.15) is 17.8 Å². The van der Waals surface area contributed by atoms with E-state index in [0.29, 0.717) is 18.7 Å². The van der Waals surface area contributed by atoms with E-state index in [4.69, 9.17) is 5.26 Å². The van der Waals surface area contributed by atoms with Gasteiger partial charge >= 0.3 is 0 Å². The molecule has 2 amide bonds. The molecule has 2 aromatic rings. The van der Waals surface area contributed by atoms with Crippen molar-refractivity contribution in [2.45, 2.75) is 17.9 Å². The van der Waals surface area contributed by atoms with Crippen LogP contribution in [0.2, 0.25) is 0 Å². The number of nitriles is 1. The van der Waals surface area contributed by atoms with Crippen LogP contribution in [0.1, 0.15) is 17.7 Å². The van der Waals surface area contributed by atoms with Crippen molar-refractivity contribution in [1.29, 1.82) is 5.26 Å². The topological polar surface area (TPSA) is 107 Å². The minimum absolute atomic E-state index is 0.136. The second-order valence-corrected chi connectivity index (χ2v) is 6.24. The summed E-state index contributed by atoms with van der Waals surface area (Å²) in [5.74, 6) is -0.427. The van der Waals surface area contributed by atoms with Crippen LogP contribution in [0.3, 0.4) is 0 Å². The Labute approximate surface area is 144 Å². The smallest absolute Gasteiger partial charge is 0.247 e. The molecule has 4 rings (SSSR count). The molecule has 1 spiro atoms. The van der Waals surface area contributed by atoms with Crippen LogP contribution in [0.15, 0.2) is 42.6 Å². The molecule has 0 bridgehead atoms. The number of benzene rings is 1. The van der Waals surface area contributed by atoms with Gasteiger partial charge in [-0.05, 0) is 30.2 Å². The highest BCUT2D eigenvalue weighted by atomic mass is 16.2. The zero-order valence-corrected chi connectivity index (χ0v) is 13.2. The van der Waals surface area contributed by atoms with Crippen LogP contribution < -0.4 is 16.0 Å². The van der Waals surface area contributed by atoms with E-state index in [2.05, 4.69) is 20.9 Å². The van der Waals surface area contributed by atoms with Gasteiger partial charge < -0.3 is 16.0 Å². The van der Waals surface area contributed by atoms with Gasteiger partial charge in [-0.1, -0.05) is 18.2 Å². The maximum atomic E-state index is 12.6. The lowest BCUT2D eigenvalue weighted by molar-refractivity contribution is -0.125. The molecule has 0 saturated carbocycles. The standard InChI is InChI=1S/C18H15N5O2/c19-8-11-5-6-12(9-20-11)22-16(24)15-7-18(17(25)23-15)10-21-14-4-2-1-3-13(14)18/h1-6,9,15,21H,7,10H2,(H,22,24)(H,23,25). The minimum Gasteiger partial charge on any atom is -0.383 e. The van der Waals surface area contributed by atoms with E-state index in [1.165, 1.54) is 12.3 Å². The monoisotopic (exact) mass is 333 g/mol. The van der Waals surface area contributed by atoms with Crippen molar-refractivity contribution in [3.63, 3.8) is 0 Å². The molecule has 3 N–H and O–H groups in total. The molecule has 2 aliphatic heterocycles. The van der Waals surface area contributed by atoms with Crippen LogP contribution in [0.4, 0.5) is 11.4 Å². The Morgan fingerprint density at radius 2 is 2.16 bits per heavy atom. The maximum Gasteiger partial charge on any atom is 0.247 e. The summed E-state index contributed by atoms with van der Waals surface area (Å²) >= 11 is 0. The maximum absolute atomic E-state index is 12.6. The number of nitrogens with one attached hydrogen (secondary N) is 3. The predicted molar refractivity (Wildman–Crippen MR) is 90.7 cm³/mol. The number of carbonyl (C=O) groups excluding carboxylic acids is 2. The molecule has 2 aliphatic rings. The van der Waals surface area contributed by atoms with Crippen LogP contribution >= 0.6 is 0 Å². The van der Waals surface area contributed by atoms with E-state index in [1.807, 2.05) is 30.3 Å². The third kappa shape index (κ3) is 2.39. The molecule has 2 unspecified atom stereocenters. The number of anilines is 2. The average molecular weight is 333 g/mol. The Balaban J connectivity index is 1.53. The number of para-hydroxylation sites is 1. The molecule has 7 heteroatoms. The van der Waals surface area contributed by atoms with Gasteiger partial charge in [-0.2, -0.15) is 5.26 Å². The number of carbonyl (C=O) groups is 2. The largest absolute Gasteiger partial charge is 0.383 e. The van der Waals surface area contributed by atoms with E-state index in [0.717, 1.165) is 11.3 Å². The molecular formula is C18H15N5O2. The molecule has 0 aliphatic carbocycles. The number of amides is 2. The lowest BCUT2D eigenvalue weighted by Gasteiger charge is -2.19. The summed E-state index contributed by atoms with van der Waals surface area (Å²) in [5.41, 5.74) is 1.93. The second-order valence-electron chi connectivity index (χ2n) is 6.24. The van der Waals surface area contributed by atoms with E-state index >= 15 is 0 Å². The Morgan fingerprint density at radius 3 is 2.92 bits per heavy atom. The number of rotatable bonds is 2. The third-order valence-corrected chi connectivity index (χ3v) is 4.78. The fourth-order valence-electron chi connectivity index (χ4n) is 3.49. The van der Waals surface area contributed by atoms with Crippen molar-refractivity contribution in [3.8, 4) is 6.07 Å². The van der Waals surface area contributed by atoms with Gasteiger partial charge in [-0.25, -0.2) is 4.98 Å². The fraction of sp³-hybridized carbons (Fsp3) is 0.222. The SMILES string of the molecule is N#Cc1ccc(NC(=O)C2CC3(CNc4ccccc43)C(=O)N2)cn1. The van der Waals surface area contributed by atoms with Crippen molar-refractivity contribution in [2.75, 3.05) is 17.2 Å². The molecule has 1 aromatic carbocycles. The molecule has 0 radical (unpaired) electrons. The Kier molecular flexibility index (Phi) is 3.39. The predicted octanol–water partition coefficient (Wildman–Crippen LogP) is 1.14. The van der Waals surface area contributed by atoms with Gasteiger partial charge in [0.25, 0.3) is 0 Å². The number of hydrogen-bond acceptors (Lipinski definition) is 5. The highest BCUT2D eigenvalue weighted by Crippen LogP contribution is 2.43.